The molecule has 2 N–H and O–H groups in total. The predicted molar refractivity (Wildman–Crippen MR) is 69.4 cm³/mol. The van der Waals surface area contributed by atoms with Crippen LogP contribution in [-0.4, -0.2) is 24.0 Å². The Bertz CT molecular complexity index is 680. The molecule has 8 nitrogen and oxygen atoms in total. The van der Waals surface area contributed by atoms with Crippen molar-refractivity contribution < 1.29 is 18.4 Å². The van der Waals surface area contributed by atoms with Crippen LogP contribution in [-0.2, 0) is 10.0 Å². The van der Waals surface area contributed by atoms with Crippen LogP contribution in [0.5, 0.6) is 5.75 Å². The van der Waals surface area contributed by atoms with Crippen LogP contribution in [0.2, 0.25) is 0 Å². The second kappa shape index (κ2) is 5.44. The summed E-state index contributed by atoms with van der Waals surface area (Å²) in [6.07, 6.45) is 0.225. The van der Waals surface area contributed by atoms with Gasteiger partial charge in [0.15, 0.2) is 5.75 Å². The number of nitro benzene ring substituents is 1. The largest absolute Gasteiger partial charge is 0.502 e. The van der Waals surface area contributed by atoms with E-state index in [9.17, 15) is 23.6 Å². The molecule has 0 aromatic heterocycles. The van der Waals surface area contributed by atoms with Gasteiger partial charge in [-0.1, -0.05) is 6.92 Å². The van der Waals surface area contributed by atoms with E-state index in [1.165, 1.54) is 6.92 Å². The highest BCUT2D eigenvalue weighted by Crippen LogP contribution is 2.28. The number of rotatable bonds is 5. The summed E-state index contributed by atoms with van der Waals surface area (Å²) in [7, 11) is -4.10. The molecule has 1 atom stereocenters. The first-order valence-electron chi connectivity index (χ1n) is 5.58. The van der Waals surface area contributed by atoms with Gasteiger partial charge in [-0.05, 0) is 25.5 Å². The highest BCUT2D eigenvalue weighted by atomic mass is 32.2. The summed E-state index contributed by atoms with van der Waals surface area (Å²) in [6.45, 7) is 3.03. The minimum Gasteiger partial charge on any atom is -0.502 e. The number of nitrogens with zero attached hydrogens (tertiary/aromatic N) is 2. The van der Waals surface area contributed by atoms with Gasteiger partial charge in [-0.3, -0.25) is 10.1 Å². The number of hydrogen-bond donors (Lipinski definition) is 2. The molecule has 0 bridgehead atoms. The molecule has 0 aliphatic rings. The van der Waals surface area contributed by atoms with Gasteiger partial charge in [-0.15, -0.1) is 0 Å². The lowest BCUT2D eigenvalue weighted by molar-refractivity contribution is -0.386. The molecule has 0 heterocycles. The SMILES string of the molecule is CCC(C)(C#N)NS(=O)(=O)c1ccc(O)c([N+](=O)[O-])c1. The van der Waals surface area contributed by atoms with E-state index in [-0.39, 0.29) is 6.42 Å². The summed E-state index contributed by atoms with van der Waals surface area (Å²) < 4.78 is 26.3. The third-order valence-corrected chi connectivity index (χ3v) is 4.36. The Morgan fingerprint density at radius 3 is 2.60 bits per heavy atom. The number of sulfonamides is 1. The third-order valence-electron chi connectivity index (χ3n) is 2.77. The zero-order chi connectivity index (χ0) is 15.6. The number of hydrogen-bond acceptors (Lipinski definition) is 6. The molecule has 0 saturated heterocycles. The van der Waals surface area contributed by atoms with Gasteiger partial charge < -0.3 is 5.11 Å². The first-order valence-corrected chi connectivity index (χ1v) is 7.06. The van der Waals surface area contributed by atoms with Crippen LogP contribution < -0.4 is 4.72 Å². The molecule has 9 heteroatoms. The van der Waals surface area contributed by atoms with Crippen LogP contribution >= 0.6 is 0 Å². The summed E-state index contributed by atoms with van der Waals surface area (Å²) in [4.78, 5) is 9.39. The molecule has 1 unspecified atom stereocenters. The number of nitrogens with one attached hydrogen (secondary N) is 1. The second-order valence-corrected chi connectivity index (χ2v) is 5.99. The Morgan fingerprint density at radius 1 is 1.55 bits per heavy atom. The summed E-state index contributed by atoms with van der Waals surface area (Å²) in [5.41, 5.74) is -2.03. The van der Waals surface area contributed by atoms with Gasteiger partial charge in [0.2, 0.25) is 10.0 Å². The van der Waals surface area contributed by atoms with Gasteiger partial charge in [0, 0.05) is 6.07 Å². The molecule has 1 aromatic carbocycles. The summed E-state index contributed by atoms with van der Waals surface area (Å²) in [5, 5.41) is 28.9. The number of phenols is 1. The van der Waals surface area contributed by atoms with Gasteiger partial charge in [0.05, 0.1) is 15.9 Å². The molecule has 1 rings (SSSR count). The van der Waals surface area contributed by atoms with E-state index in [0.717, 1.165) is 18.2 Å². The van der Waals surface area contributed by atoms with Crippen molar-refractivity contribution in [3.05, 3.63) is 28.3 Å². The number of phenolic OH excluding ortho intramolecular Hbond substituents is 1. The Hall–Kier alpha value is -2.18. The van der Waals surface area contributed by atoms with E-state index in [1.807, 2.05) is 6.07 Å². The molecule has 0 aliphatic heterocycles. The number of aromatic hydroxyl groups is 1. The van der Waals surface area contributed by atoms with Gasteiger partial charge >= 0.3 is 5.69 Å². The van der Waals surface area contributed by atoms with Gasteiger partial charge in [-0.2, -0.15) is 9.98 Å². The molecular weight excluding hydrogens is 286 g/mol. The fourth-order valence-electron chi connectivity index (χ4n) is 1.35. The lowest BCUT2D eigenvalue weighted by Gasteiger charge is -2.20. The maximum absolute atomic E-state index is 12.1. The first-order chi connectivity index (χ1) is 9.15. The topological polar surface area (TPSA) is 133 Å². The molecule has 0 spiro atoms. The van der Waals surface area contributed by atoms with Crippen LogP contribution in [0.1, 0.15) is 20.3 Å². The van der Waals surface area contributed by atoms with Gasteiger partial charge in [-0.25, -0.2) is 8.42 Å². The normalized spacial score (nSPS) is 14.2. The monoisotopic (exact) mass is 299 g/mol. The maximum atomic E-state index is 12.1. The third kappa shape index (κ3) is 3.23. The van der Waals surface area contributed by atoms with Gasteiger partial charge in [0.1, 0.15) is 5.54 Å². The summed E-state index contributed by atoms with van der Waals surface area (Å²) in [5.74, 6) is -0.632. The van der Waals surface area contributed by atoms with Gasteiger partial charge in [0.25, 0.3) is 0 Å². The van der Waals surface area contributed by atoms with Crippen LogP contribution in [0.15, 0.2) is 23.1 Å². The molecule has 20 heavy (non-hydrogen) atoms. The summed E-state index contributed by atoms with van der Waals surface area (Å²) >= 11 is 0. The smallest absolute Gasteiger partial charge is 0.312 e. The predicted octanol–water partition coefficient (Wildman–Crippen LogP) is 1.27. The minimum atomic E-state index is -4.10. The van der Waals surface area contributed by atoms with E-state index < -0.39 is 36.8 Å². The van der Waals surface area contributed by atoms with Crippen molar-refractivity contribution in [2.75, 3.05) is 0 Å². The molecular formula is C11H13N3O5S. The number of nitriles is 1. The molecule has 0 amide bonds. The van der Waals surface area contributed by atoms with E-state index in [1.54, 1.807) is 6.92 Å². The van der Waals surface area contributed by atoms with E-state index in [4.69, 9.17) is 5.26 Å². The van der Waals surface area contributed by atoms with Crippen molar-refractivity contribution in [1.29, 1.82) is 5.26 Å². The lowest BCUT2D eigenvalue weighted by Crippen LogP contribution is -2.44. The summed E-state index contributed by atoms with van der Waals surface area (Å²) in [6, 6.07) is 4.52. The van der Waals surface area contributed by atoms with Crippen molar-refractivity contribution in [2.24, 2.45) is 0 Å². The molecule has 108 valence electrons. The number of benzene rings is 1. The van der Waals surface area contributed by atoms with Crippen molar-refractivity contribution in [1.82, 2.24) is 4.72 Å². The maximum Gasteiger partial charge on any atom is 0.312 e. The average molecular weight is 299 g/mol. The number of nitro groups is 1. The molecule has 0 aliphatic carbocycles. The standard InChI is InChI=1S/C11H13N3O5S/c1-3-11(2,7-12)13-20(18,19)8-4-5-10(15)9(6-8)14(16)17/h4-6,13,15H,3H2,1-2H3. The molecule has 0 fully saturated rings. The van der Waals surface area contributed by atoms with Crippen molar-refractivity contribution in [2.45, 2.75) is 30.7 Å². The van der Waals surface area contributed by atoms with Crippen molar-refractivity contribution >= 4 is 15.7 Å². The quantitative estimate of drug-likeness (QED) is 0.621. The van der Waals surface area contributed by atoms with Crippen LogP contribution in [0, 0.1) is 21.4 Å². The Labute approximate surface area is 115 Å². The van der Waals surface area contributed by atoms with Crippen molar-refractivity contribution in [3.8, 4) is 11.8 Å². The molecule has 1 aromatic rings. The van der Waals surface area contributed by atoms with Crippen LogP contribution in [0.3, 0.4) is 0 Å². The minimum absolute atomic E-state index is 0.225. The Balaban J connectivity index is 3.28. The van der Waals surface area contributed by atoms with Crippen LogP contribution in [0.25, 0.3) is 0 Å². The van der Waals surface area contributed by atoms with E-state index >= 15 is 0 Å². The molecule has 0 saturated carbocycles. The van der Waals surface area contributed by atoms with E-state index in [2.05, 4.69) is 4.72 Å². The average Bonchev–Trinajstić information content (AvgIpc) is 2.38. The fourth-order valence-corrected chi connectivity index (χ4v) is 2.76. The van der Waals surface area contributed by atoms with E-state index in [0.29, 0.717) is 0 Å². The lowest BCUT2D eigenvalue weighted by atomic mass is 10.0. The zero-order valence-corrected chi connectivity index (χ0v) is 11.6. The van der Waals surface area contributed by atoms with Crippen LogP contribution in [0.4, 0.5) is 5.69 Å². The zero-order valence-electron chi connectivity index (χ0n) is 10.8. The Kier molecular flexibility index (Phi) is 4.32. The van der Waals surface area contributed by atoms with Crippen molar-refractivity contribution in [3.63, 3.8) is 0 Å². The fraction of sp³-hybridized carbons (Fsp3) is 0.364. The highest BCUT2D eigenvalue weighted by Gasteiger charge is 2.30. The first kappa shape index (κ1) is 15.9. The Morgan fingerprint density at radius 2 is 2.15 bits per heavy atom. The second-order valence-electron chi connectivity index (χ2n) is 4.31. The molecule has 0 radical (unpaired) electrons. The highest BCUT2D eigenvalue weighted by molar-refractivity contribution is 7.89.